The predicted molar refractivity (Wildman–Crippen MR) is 96.2 cm³/mol. The zero-order chi connectivity index (χ0) is 18.2. The van der Waals surface area contributed by atoms with Crippen LogP contribution in [0.5, 0.6) is 0 Å². The molecule has 1 aromatic rings. The Morgan fingerprint density at radius 1 is 1.36 bits per heavy atom. The minimum Gasteiger partial charge on any atom is -0.376 e. The largest absolute Gasteiger partial charge is 0.376 e. The first kappa shape index (κ1) is 19.9. The number of ether oxygens (including phenoxy) is 1. The van der Waals surface area contributed by atoms with E-state index in [2.05, 4.69) is 37.8 Å². The van der Waals surface area contributed by atoms with Gasteiger partial charge in [-0.3, -0.25) is 4.79 Å². The summed E-state index contributed by atoms with van der Waals surface area (Å²) in [6, 6.07) is 0. The van der Waals surface area contributed by atoms with Gasteiger partial charge in [0.2, 0.25) is 11.8 Å². The van der Waals surface area contributed by atoms with Crippen LogP contribution in [0.3, 0.4) is 0 Å². The zero-order valence-electron chi connectivity index (χ0n) is 16.2. The van der Waals surface area contributed by atoms with Crippen LogP contribution in [0.15, 0.2) is 4.52 Å². The van der Waals surface area contributed by atoms with E-state index in [0.29, 0.717) is 37.2 Å². The molecule has 6 heteroatoms. The van der Waals surface area contributed by atoms with Gasteiger partial charge in [-0.1, -0.05) is 32.9 Å². The van der Waals surface area contributed by atoms with Crippen molar-refractivity contribution in [2.45, 2.75) is 72.3 Å². The zero-order valence-corrected chi connectivity index (χ0v) is 16.2. The summed E-state index contributed by atoms with van der Waals surface area (Å²) in [6.45, 7) is 10.6. The lowest BCUT2D eigenvalue weighted by Gasteiger charge is -2.34. The standard InChI is InChI=1S/C19H33N3O3/c1-5-15(6-2)19(23)22-10-7-8-16(13-22)24-11-9-17-20-18(25-21-17)12-14(3)4/h14-16H,5-13H2,1-4H3. The predicted octanol–water partition coefficient (Wildman–Crippen LogP) is 3.25. The van der Waals surface area contributed by atoms with E-state index < -0.39 is 0 Å². The normalized spacial score (nSPS) is 18.3. The van der Waals surface area contributed by atoms with Gasteiger partial charge in [-0.05, 0) is 31.6 Å². The van der Waals surface area contributed by atoms with Crippen LogP contribution in [-0.4, -0.2) is 46.7 Å². The molecule has 1 aromatic heterocycles. The summed E-state index contributed by atoms with van der Waals surface area (Å²) in [5, 5.41) is 4.01. The number of hydrogen-bond acceptors (Lipinski definition) is 5. The third-order valence-corrected chi connectivity index (χ3v) is 4.80. The number of hydrogen-bond donors (Lipinski definition) is 0. The van der Waals surface area contributed by atoms with E-state index in [1.807, 2.05) is 4.90 Å². The van der Waals surface area contributed by atoms with Crippen molar-refractivity contribution in [3.63, 3.8) is 0 Å². The van der Waals surface area contributed by atoms with Crippen LogP contribution in [0.25, 0.3) is 0 Å². The molecule has 142 valence electrons. The first-order valence-electron chi connectivity index (χ1n) is 9.75. The van der Waals surface area contributed by atoms with Crippen molar-refractivity contribution in [1.29, 1.82) is 0 Å². The number of nitrogens with zero attached hydrogens (tertiary/aromatic N) is 3. The summed E-state index contributed by atoms with van der Waals surface area (Å²) in [5.41, 5.74) is 0. The van der Waals surface area contributed by atoms with Gasteiger partial charge in [-0.15, -0.1) is 0 Å². The molecule has 0 saturated carbocycles. The summed E-state index contributed by atoms with van der Waals surface area (Å²) in [6.07, 6.45) is 5.42. The fourth-order valence-electron chi connectivity index (χ4n) is 3.31. The summed E-state index contributed by atoms with van der Waals surface area (Å²) in [7, 11) is 0. The molecule has 1 saturated heterocycles. The van der Waals surface area contributed by atoms with E-state index >= 15 is 0 Å². The summed E-state index contributed by atoms with van der Waals surface area (Å²) in [4.78, 5) is 18.9. The van der Waals surface area contributed by atoms with Crippen LogP contribution in [0, 0.1) is 11.8 Å². The molecule has 2 rings (SSSR count). The lowest BCUT2D eigenvalue weighted by Crippen LogP contribution is -2.45. The molecular formula is C19H33N3O3. The maximum atomic E-state index is 12.5. The Balaban J connectivity index is 1.75. The van der Waals surface area contributed by atoms with Crippen LogP contribution in [0.1, 0.15) is 65.1 Å². The maximum absolute atomic E-state index is 12.5. The van der Waals surface area contributed by atoms with Gasteiger partial charge < -0.3 is 14.2 Å². The monoisotopic (exact) mass is 351 g/mol. The number of amides is 1. The van der Waals surface area contributed by atoms with Gasteiger partial charge in [0.15, 0.2) is 5.82 Å². The highest BCUT2D eigenvalue weighted by atomic mass is 16.5. The van der Waals surface area contributed by atoms with Crippen molar-refractivity contribution in [1.82, 2.24) is 15.0 Å². The van der Waals surface area contributed by atoms with E-state index in [0.717, 1.165) is 38.6 Å². The smallest absolute Gasteiger partial charge is 0.226 e. The summed E-state index contributed by atoms with van der Waals surface area (Å²) < 4.78 is 11.2. The molecule has 1 amide bonds. The highest BCUT2D eigenvalue weighted by Crippen LogP contribution is 2.19. The molecule has 0 N–H and O–H groups in total. The minimum atomic E-state index is 0.120. The molecule has 0 radical (unpaired) electrons. The molecule has 1 unspecified atom stereocenters. The van der Waals surface area contributed by atoms with E-state index in [9.17, 15) is 4.79 Å². The van der Waals surface area contributed by atoms with Crippen molar-refractivity contribution in [3.8, 4) is 0 Å². The fraction of sp³-hybridized carbons (Fsp3) is 0.842. The highest BCUT2D eigenvalue weighted by molar-refractivity contribution is 5.78. The number of carbonyl (C=O) groups is 1. The van der Waals surface area contributed by atoms with Crippen molar-refractivity contribution in [3.05, 3.63) is 11.7 Å². The van der Waals surface area contributed by atoms with Crippen molar-refractivity contribution in [2.24, 2.45) is 11.8 Å². The van der Waals surface area contributed by atoms with Gasteiger partial charge >= 0.3 is 0 Å². The minimum absolute atomic E-state index is 0.120. The van der Waals surface area contributed by atoms with Crippen molar-refractivity contribution in [2.75, 3.05) is 19.7 Å². The Kier molecular flexibility index (Phi) is 7.88. The van der Waals surface area contributed by atoms with Gasteiger partial charge in [-0.25, -0.2) is 0 Å². The van der Waals surface area contributed by atoms with Gasteiger partial charge in [0.25, 0.3) is 0 Å². The number of rotatable bonds is 9. The molecule has 0 bridgehead atoms. The Labute approximate surface area is 151 Å². The quantitative estimate of drug-likeness (QED) is 0.683. The molecule has 0 spiro atoms. The molecule has 6 nitrogen and oxygen atoms in total. The number of aromatic nitrogens is 2. The number of piperidine rings is 1. The fourth-order valence-corrected chi connectivity index (χ4v) is 3.31. The van der Waals surface area contributed by atoms with E-state index in [-0.39, 0.29) is 17.9 Å². The van der Waals surface area contributed by atoms with Crippen LogP contribution < -0.4 is 0 Å². The molecule has 1 atom stereocenters. The van der Waals surface area contributed by atoms with Crippen molar-refractivity contribution >= 4 is 5.91 Å². The van der Waals surface area contributed by atoms with Crippen LogP contribution >= 0.6 is 0 Å². The lowest BCUT2D eigenvalue weighted by molar-refractivity contribution is -0.139. The lowest BCUT2D eigenvalue weighted by atomic mass is 9.99. The molecule has 0 aromatic carbocycles. The van der Waals surface area contributed by atoms with Crippen LogP contribution in [-0.2, 0) is 22.4 Å². The molecule has 2 heterocycles. The molecule has 1 fully saturated rings. The average molecular weight is 351 g/mol. The molecule has 1 aliphatic rings. The summed E-state index contributed by atoms with van der Waals surface area (Å²) >= 11 is 0. The van der Waals surface area contributed by atoms with Crippen LogP contribution in [0.2, 0.25) is 0 Å². The molecule has 1 aliphatic heterocycles. The molecule has 25 heavy (non-hydrogen) atoms. The first-order valence-corrected chi connectivity index (χ1v) is 9.75. The average Bonchev–Trinajstić information content (AvgIpc) is 3.02. The Hall–Kier alpha value is -1.43. The van der Waals surface area contributed by atoms with E-state index in [1.54, 1.807) is 0 Å². The van der Waals surface area contributed by atoms with Gasteiger partial charge in [0.1, 0.15) is 0 Å². The third-order valence-electron chi connectivity index (χ3n) is 4.80. The SMILES string of the molecule is CCC(CC)C(=O)N1CCCC(OCCc2noc(CC(C)C)n2)C1. The van der Waals surface area contributed by atoms with E-state index in [1.165, 1.54) is 0 Å². The highest BCUT2D eigenvalue weighted by Gasteiger charge is 2.27. The van der Waals surface area contributed by atoms with Crippen LogP contribution in [0.4, 0.5) is 0 Å². The Bertz CT molecular complexity index is 526. The van der Waals surface area contributed by atoms with Gasteiger partial charge in [0.05, 0.1) is 12.7 Å². The molecule has 0 aliphatic carbocycles. The Morgan fingerprint density at radius 2 is 2.12 bits per heavy atom. The second-order valence-electron chi connectivity index (χ2n) is 7.39. The maximum Gasteiger partial charge on any atom is 0.226 e. The topological polar surface area (TPSA) is 68.5 Å². The van der Waals surface area contributed by atoms with E-state index in [4.69, 9.17) is 9.26 Å². The second-order valence-corrected chi connectivity index (χ2v) is 7.39. The Morgan fingerprint density at radius 3 is 2.80 bits per heavy atom. The molecular weight excluding hydrogens is 318 g/mol. The van der Waals surface area contributed by atoms with Gasteiger partial charge in [-0.2, -0.15) is 4.98 Å². The number of carbonyl (C=O) groups excluding carboxylic acids is 1. The number of likely N-dealkylation sites (tertiary alicyclic amines) is 1. The second kappa shape index (κ2) is 9.90. The first-order chi connectivity index (χ1) is 12.0. The van der Waals surface area contributed by atoms with Gasteiger partial charge in [0, 0.05) is 31.8 Å². The summed E-state index contributed by atoms with van der Waals surface area (Å²) in [5.74, 6) is 2.35. The van der Waals surface area contributed by atoms with Crippen molar-refractivity contribution < 1.29 is 14.1 Å². The third kappa shape index (κ3) is 6.10.